The first-order valence-corrected chi connectivity index (χ1v) is 10.4. The van der Waals surface area contributed by atoms with Crippen molar-refractivity contribution >= 4 is 28.9 Å². The Hall–Kier alpha value is -2.77. The summed E-state index contributed by atoms with van der Waals surface area (Å²) in [5, 5.41) is 5.46. The van der Waals surface area contributed by atoms with Crippen molar-refractivity contribution in [2.75, 3.05) is 13.1 Å². The fourth-order valence-corrected chi connectivity index (χ4v) is 4.57. The molecular weight excluding hydrogens is 382 g/mol. The van der Waals surface area contributed by atoms with Crippen molar-refractivity contribution in [1.82, 2.24) is 23.6 Å². The lowest BCUT2D eigenvalue weighted by atomic mass is 10.1. The largest absolute Gasteiger partial charge is 0.284 e. The fourth-order valence-electron chi connectivity index (χ4n) is 4.29. The lowest BCUT2D eigenvalue weighted by Gasteiger charge is -2.13. The molecule has 1 saturated heterocycles. The lowest BCUT2D eigenvalue weighted by molar-refractivity contribution is 0.254. The highest BCUT2D eigenvalue weighted by Gasteiger charge is 2.19. The van der Waals surface area contributed by atoms with E-state index in [4.69, 9.17) is 17.3 Å². The van der Waals surface area contributed by atoms with E-state index < -0.39 is 0 Å². The molecule has 29 heavy (non-hydrogen) atoms. The minimum Gasteiger partial charge on any atom is -0.284 e. The maximum absolute atomic E-state index is 13.5. The second-order valence-corrected chi connectivity index (χ2v) is 8.20. The van der Waals surface area contributed by atoms with Gasteiger partial charge in [-0.1, -0.05) is 29.8 Å². The third-order valence-electron chi connectivity index (χ3n) is 5.73. The van der Waals surface area contributed by atoms with Gasteiger partial charge < -0.3 is 0 Å². The zero-order valence-electron chi connectivity index (χ0n) is 16.6. The highest BCUT2D eigenvalue weighted by molar-refractivity contribution is 7.71. The third kappa shape index (κ3) is 2.92. The van der Waals surface area contributed by atoms with E-state index >= 15 is 0 Å². The number of hydrogen-bond acceptors (Lipinski definition) is 4. The van der Waals surface area contributed by atoms with E-state index in [1.807, 2.05) is 52.4 Å². The van der Waals surface area contributed by atoms with Crippen molar-refractivity contribution < 1.29 is 0 Å². The zero-order chi connectivity index (χ0) is 20.1. The van der Waals surface area contributed by atoms with E-state index in [1.54, 1.807) is 4.57 Å². The summed E-state index contributed by atoms with van der Waals surface area (Å²) in [4.78, 5) is 15.9. The molecule has 0 amide bonds. The number of aromatic nitrogens is 4. The van der Waals surface area contributed by atoms with Crippen LogP contribution in [-0.2, 0) is 6.67 Å². The van der Waals surface area contributed by atoms with Crippen molar-refractivity contribution in [3.05, 3.63) is 68.7 Å². The normalized spacial score (nSPS) is 15.0. The van der Waals surface area contributed by atoms with Crippen LogP contribution in [0.5, 0.6) is 0 Å². The number of benzene rings is 2. The van der Waals surface area contributed by atoms with Crippen LogP contribution < -0.4 is 5.56 Å². The second kappa shape index (κ2) is 6.93. The van der Waals surface area contributed by atoms with Crippen LogP contribution in [-0.4, -0.2) is 36.7 Å². The quantitative estimate of drug-likeness (QED) is 0.486. The van der Waals surface area contributed by atoms with E-state index in [0.29, 0.717) is 22.6 Å². The number of fused-ring (bicyclic) bond motifs is 3. The van der Waals surface area contributed by atoms with Gasteiger partial charge in [-0.3, -0.25) is 14.1 Å². The number of rotatable bonds is 3. The summed E-state index contributed by atoms with van der Waals surface area (Å²) in [6.07, 6.45) is 2.41. The summed E-state index contributed by atoms with van der Waals surface area (Å²) in [5.74, 6) is 0.560. The Kier molecular flexibility index (Phi) is 4.37. The molecule has 0 aliphatic carbocycles. The topological polar surface area (TPSA) is 47.5 Å². The number of hydrogen-bond donors (Lipinski definition) is 0. The van der Waals surface area contributed by atoms with Gasteiger partial charge in [0.05, 0.1) is 23.3 Å². The molecule has 6 nitrogen and oxygen atoms in total. The SMILES string of the molecule is Cc1ccc(-n2c(=O)c3ccccc3n3c(=S)n(CN4CCCC4)nc23)c(C)c1. The first kappa shape index (κ1) is 18.3. The maximum atomic E-state index is 13.5. The summed E-state index contributed by atoms with van der Waals surface area (Å²) < 4.78 is 6.10. The van der Waals surface area contributed by atoms with Gasteiger partial charge >= 0.3 is 0 Å². The van der Waals surface area contributed by atoms with Gasteiger partial charge in [0.2, 0.25) is 10.5 Å². The number of likely N-dealkylation sites (tertiary alicyclic amines) is 1. The van der Waals surface area contributed by atoms with Gasteiger partial charge in [0, 0.05) is 0 Å². The number of aryl methyl sites for hydroxylation is 2. The average Bonchev–Trinajstić information content (AvgIpc) is 3.32. The zero-order valence-corrected chi connectivity index (χ0v) is 17.4. The smallest absolute Gasteiger partial charge is 0.267 e. The molecule has 0 spiro atoms. The van der Waals surface area contributed by atoms with Gasteiger partial charge in [-0.05, 0) is 75.8 Å². The number of para-hydroxylation sites is 1. The Balaban J connectivity index is 1.86. The molecule has 3 heterocycles. The average molecular weight is 406 g/mol. The van der Waals surface area contributed by atoms with Gasteiger partial charge in [0.1, 0.15) is 0 Å². The molecule has 1 aliphatic rings. The van der Waals surface area contributed by atoms with Crippen LogP contribution in [0.3, 0.4) is 0 Å². The fraction of sp³-hybridized carbons (Fsp3) is 0.318. The predicted molar refractivity (Wildman–Crippen MR) is 117 cm³/mol. The Labute approximate surface area is 173 Å². The number of nitrogens with zero attached hydrogens (tertiary/aromatic N) is 5. The van der Waals surface area contributed by atoms with Gasteiger partial charge in [-0.15, -0.1) is 5.10 Å². The third-order valence-corrected chi connectivity index (χ3v) is 6.12. The Morgan fingerprint density at radius 2 is 1.83 bits per heavy atom. The monoisotopic (exact) mass is 405 g/mol. The Morgan fingerprint density at radius 1 is 1.07 bits per heavy atom. The van der Waals surface area contributed by atoms with Crippen LogP contribution in [0.1, 0.15) is 24.0 Å². The molecule has 2 aromatic heterocycles. The molecule has 5 rings (SSSR count). The molecule has 148 valence electrons. The second-order valence-electron chi connectivity index (χ2n) is 7.83. The molecule has 1 aliphatic heterocycles. The predicted octanol–water partition coefficient (Wildman–Crippen LogP) is 3.84. The molecule has 4 aromatic rings. The molecule has 0 N–H and O–H groups in total. The van der Waals surface area contributed by atoms with Crippen LogP contribution in [0.15, 0.2) is 47.3 Å². The summed E-state index contributed by atoms with van der Waals surface area (Å²) in [5.41, 5.74) is 3.75. The van der Waals surface area contributed by atoms with Crippen LogP contribution in [0.2, 0.25) is 0 Å². The van der Waals surface area contributed by atoms with E-state index in [1.165, 1.54) is 12.8 Å². The highest BCUT2D eigenvalue weighted by atomic mass is 32.1. The van der Waals surface area contributed by atoms with E-state index in [9.17, 15) is 4.79 Å². The maximum Gasteiger partial charge on any atom is 0.267 e. The standard InChI is InChI=1S/C22H23N5OS/c1-15-9-10-18(16(2)13-15)26-20(28)17-7-3-4-8-19(17)27-21(26)23-25(22(27)29)14-24-11-5-6-12-24/h3-4,7-10,13H,5-6,11-12,14H2,1-2H3. The van der Waals surface area contributed by atoms with Gasteiger partial charge in [-0.2, -0.15) is 0 Å². The summed E-state index contributed by atoms with van der Waals surface area (Å²) in [7, 11) is 0. The molecule has 7 heteroatoms. The molecule has 0 atom stereocenters. The molecule has 0 bridgehead atoms. The first-order chi connectivity index (χ1) is 14.0. The molecular formula is C22H23N5OS. The molecule has 0 unspecified atom stereocenters. The van der Waals surface area contributed by atoms with Gasteiger partial charge in [0.15, 0.2) is 0 Å². The van der Waals surface area contributed by atoms with Crippen molar-refractivity contribution in [1.29, 1.82) is 0 Å². The van der Waals surface area contributed by atoms with Crippen molar-refractivity contribution in [3.8, 4) is 5.69 Å². The van der Waals surface area contributed by atoms with Gasteiger partial charge in [-0.25, -0.2) is 9.25 Å². The first-order valence-electron chi connectivity index (χ1n) is 9.98. The van der Waals surface area contributed by atoms with E-state index in [0.717, 1.165) is 35.4 Å². The van der Waals surface area contributed by atoms with Crippen LogP contribution >= 0.6 is 12.2 Å². The summed E-state index contributed by atoms with van der Waals surface area (Å²) >= 11 is 5.82. The molecule has 1 fully saturated rings. The van der Waals surface area contributed by atoms with Crippen LogP contribution in [0.25, 0.3) is 22.4 Å². The highest BCUT2D eigenvalue weighted by Crippen LogP contribution is 2.21. The molecule has 0 saturated carbocycles. The van der Waals surface area contributed by atoms with E-state index in [2.05, 4.69) is 17.9 Å². The summed E-state index contributed by atoms with van der Waals surface area (Å²) in [6, 6.07) is 13.7. The van der Waals surface area contributed by atoms with E-state index in [-0.39, 0.29) is 5.56 Å². The molecule has 2 aromatic carbocycles. The van der Waals surface area contributed by atoms with Crippen LogP contribution in [0, 0.1) is 18.6 Å². The van der Waals surface area contributed by atoms with Crippen molar-refractivity contribution in [2.24, 2.45) is 0 Å². The van der Waals surface area contributed by atoms with Crippen molar-refractivity contribution in [2.45, 2.75) is 33.4 Å². The minimum absolute atomic E-state index is 0.0756. The minimum atomic E-state index is -0.0756. The van der Waals surface area contributed by atoms with Gasteiger partial charge in [0.25, 0.3) is 5.56 Å². The Bertz CT molecular complexity index is 1360. The van der Waals surface area contributed by atoms with Crippen molar-refractivity contribution in [3.63, 3.8) is 0 Å². The lowest BCUT2D eigenvalue weighted by Crippen LogP contribution is -2.24. The molecule has 0 radical (unpaired) electrons. The summed E-state index contributed by atoms with van der Waals surface area (Å²) in [6.45, 7) is 6.84. The van der Waals surface area contributed by atoms with Crippen LogP contribution in [0.4, 0.5) is 0 Å². The Morgan fingerprint density at radius 3 is 2.59 bits per heavy atom.